The van der Waals surface area contributed by atoms with Crippen LogP contribution in [0.15, 0.2) is 94.3 Å². The fourth-order valence-corrected chi connectivity index (χ4v) is 3.69. The summed E-state index contributed by atoms with van der Waals surface area (Å²) in [5.74, 6) is 0.514. The first-order valence-corrected chi connectivity index (χ1v) is 10.4. The lowest BCUT2D eigenvalue weighted by molar-refractivity contribution is 0.888. The average Bonchev–Trinajstić information content (AvgIpc) is 3.21. The van der Waals surface area contributed by atoms with Crippen molar-refractivity contribution in [2.24, 2.45) is 0 Å². The SMILES string of the molecule is O=c1c2cn(-c3ccccc3)nc2nc(-c2ccc(Br)cc2)n1-c1ccc(Cl)cc1. The van der Waals surface area contributed by atoms with E-state index in [9.17, 15) is 4.79 Å². The van der Waals surface area contributed by atoms with Crippen molar-refractivity contribution < 1.29 is 0 Å². The first-order chi connectivity index (χ1) is 14.6. The van der Waals surface area contributed by atoms with Crippen molar-refractivity contribution in [2.75, 3.05) is 0 Å². The molecule has 0 amide bonds. The van der Waals surface area contributed by atoms with Crippen LogP contribution in [-0.2, 0) is 0 Å². The fraction of sp³-hybridized carbons (Fsp3) is 0. The number of hydrogen-bond acceptors (Lipinski definition) is 3. The minimum absolute atomic E-state index is 0.192. The molecule has 0 bridgehead atoms. The Bertz CT molecular complexity index is 1410. The van der Waals surface area contributed by atoms with E-state index in [1.165, 1.54) is 0 Å². The number of hydrogen-bond donors (Lipinski definition) is 0. The van der Waals surface area contributed by atoms with Crippen molar-refractivity contribution in [3.8, 4) is 22.8 Å². The van der Waals surface area contributed by atoms with Crippen molar-refractivity contribution in [1.82, 2.24) is 19.3 Å². The van der Waals surface area contributed by atoms with Crippen molar-refractivity contribution in [3.63, 3.8) is 0 Å². The van der Waals surface area contributed by atoms with Gasteiger partial charge >= 0.3 is 0 Å². The average molecular weight is 478 g/mol. The van der Waals surface area contributed by atoms with E-state index in [4.69, 9.17) is 16.6 Å². The van der Waals surface area contributed by atoms with Crippen molar-refractivity contribution in [2.45, 2.75) is 0 Å². The summed E-state index contributed by atoms with van der Waals surface area (Å²) in [6, 6.07) is 24.4. The number of benzene rings is 3. The normalized spacial score (nSPS) is 11.1. The molecule has 0 radical (unpaired) electrons. The Morgan fingerprint density at radius 3 is 2.23 bits per heavy atom. The zero-order chi connectivity index (χ0) is 20.7. The van der Waals surface area contributed by atoms with Gasteiger partial charge in [0.05, 0.1) is 11.4 Å². The summed E-state index contributed by atoms with van der Waals surface area (Å²) >= 11 is 9.51. The van der Waals surface area contributed by atoms with Crippen LogP contribution >= 0.6 is 27.5 Å². The van der Waals surface area contributed by atoms with Crippen LogP contribution in [0.25, 0.3) is 33.8 Å². The highest BCUT2D eigenvalue weighted by Crippen LogP contribution is 2.24. The van der Waals surface area contributed by atoms with E-state index in [0.29, 0.717) is 27.6 Å². The second-order valence-electron chi connectivity index (χ2n) is 6.71. The summed E-state index contributed by atoms with van der Waals surface area (Å²) in [5.41, 5.74) is 2.55. The molecule has 0 spiro atoms. The van der Waals surface area contributed by atoms with Crippen LogP contribution in [0.2, 0.25) is 5.02 Å². The minimum Gasteiger partial charge on any atom is -0.268 e. The van der Waals surface area contributed by atoms with Gasteiger partial charge in [0.1, 0.15) is 11.2 Å². The second-order valence-corrected chi connectivity index (χ2v) is 8.06. The summed E-state index contributed by atoms with van der Waals surface area (Å²) in [4.78, 5) is 18.3. The molecule has 5 aromatic rings. The molecule has 0 N–H and O–H groups in total. The molecule has 0 aliphatic rings. The van der Waals surface area contributed by atoms with Crippen molar-refractivity contribution in [1.29, 1.82) is 0 Å². The molecule has 3 aromatic carbocycles. The van der Waals surface area contributed by atoms with E-state index >= 15 is 0 Å². The van der Waals surface area contributed by atoms with Gasteiger partial charge in [-0.1, -0.05) is 57.9 Å². The molecule has 7 heteroatoms. The predicted molar refractivity (Wildman–Crippen MR) is 123 cm³/mol. The number of rotatable bonds is 3. The highest BCUT2D eigenvalue weighted by atomic mass is 79.9. The zero-order valence-corrected chi connectivity index (χ0v) is 17.9. The molecule has 0 fully saturated rings. The first-order valence-electron chi connectivity index (χ1n) is 9.20. The summed E-state index contributed by atoms with van der Waals surface area (Å²) in [6.45, 7) is 0. The topological polar surface area (TPSA) is 52.7 Å². The molecule has 146 valence electrons. The van der Waals surface area contributed by atoms with Gasteiger partial charge in [-0.2, -0.15) is 0 Å². The Labute approximate surface area is 185 Å². The molecule has 0 atom stereocenters. The van der Waals surface area contributed by atoms with E-state index in [-0.39, 0.29) is 5.56 Å². The third-order valence-corrected chi connectivity index (χ3v) is 5.54. The summed E-state index contributed by atoms with van der Waals surface area (Å²) in [7, 11) is 0. The Morgan fingerprint density at radius 2 is 1.53 bits per heavy atom. The monoisotopic (exact) mass is 476 g/mol. The fourth-order valence-electron chi connectivity index (χ4n) is 3.30. The van der Waals surface area contributed by atoms with Gasteiger partial charge in [0.15, 0.2) is 5.65 Å². The molecule has 2 heterocycles. The maximum Gasteiger partial charge on any atom is 0.269 e. The predicted octanol–water partition coefficient (Wildman–Crippen LogP) is 5.65. The molecule has 2 aromatic heterocycles. The maximum absolute atomic E-state index is 13.5. The lowest BCUT2D eigenvalue weighted by Gasteiger charge is -2.12. The maximum atomic E-state index is 13.5. The van der Waals surface area contributed by atoms with Crippen LogP contribution in [0, 0.1) is 0 Å². The van der Waals surface area contributed by atoms with Gasteiger partial charge in [-0.3, -0.25) is 9.36 Å². The highest BCUT2D eigenvalue weighted by Gasteiger charge is 2.17. The molecule has 0 saturated carbocycles. The van der Waals surface area contributed by atoms with Crippen LogP contribution in [0.1, 0.15) is 0 Å². The van der Waals surface area contributed by atoms with Crippen LogP contribution < -0.4 is 5.56 Å². The molecular formula is C23H14BrClN4O. The number of aromatic nitrogens is 4. The third-order valence-electron chi connectivity index (χ3n) is 4.76. The number of nitrogens with zero attached hydrogens (tertiary/aromatic N) is 4. The van der Waals surface area contributed by atoms with E-state index in [2.05, 4.69) is 21.0 Å². The summed E-state index contributed by atoms with van der Waals surface area (Å²) in [5, 5.41) is 5.60. The van der Waals surface area contributed by atoms with Gasteiger partial charge in [-0.15, -0.1) is 5.10 Å². The minimum atomic E-state index is -0.192. The van der Waals surface area contributed by atoms with Gasteiger partial charge in [0, 0.05) is 21.3 Å². The Hall–Kier alpha value is -3.22. The van der Waals surface area contributed by atoms with Gasteiger partial charge in [-0.05, 0) is 48.5 Å². The molecule has 0 aliphatic heterocycles. The summed E-state index contributed by atoms with van der Waals surface area (Å²) < 4.78 is 4.22. The molecule has 0 saturated heterocycles. The van der Waals surface area contributed by atoms with Crippen molar-refractivity contribution in [3.05, 3.63) is 105 Å². The Kier molecular flexibility index (Phi) is 4.73. The standard InChI is InChI=1S/C23H14BrClN4O/c24-16-8-6-15(7-9-16)22-26-21-20(14-28(27-21)18-4-2-1-3-5-18)23(30)29(22)19-12-10-17(25)11-13-19/h1-14H. The van der Waals surface area contributed by atoms with E-state index in [1.54, 1.807) is 39.7 Å². The van der Waals surface area contributed by atoms with E-state index in [0.717, 1.165) is 15.7 Å². The zero-order valence-electron chi connectivity index (χ0n) is 15.5. The van der Waals surface area contributed by atoms with Gasteiger partial charge in [0.25, 0.3) is 5.56 Å². The van der Waals surface area contributed by atoms with E-state index < -0.39 is 0 Å². The highest BCUT2D eigenvalue weighted by molar-refractivity contribution is 9.10. The molecular weight excluding hydrogens is 464 g/mol. The quantitative estimate of drug-likeness (QED) is 0.337. The Balaban J connectivity index is 1.81. The van der Waals surface area contributed by atoms with Crippen LogP contribution in [-0.4, -0.2) is 19.3 Å². The van der Waals surface area contributed by atoms with E-state index in [1.807, 2.05) is 54.6 Å². The molecule has 5 nitrogen and oxygen atoms in total. The molecule has 30 heavy (non-hydrogen) atoms. The number of halogens is 2. The summed E-state index contributed by atoms with van der Waals surface area (Å²) in [6.07, 6.45) is 1.72. The molecule has 5 rings (SSSR count). The first kappa shape index (κ1) is 18.8. The van der Waals surface area contributed by atoms with Gasteiger partial charge in [0.2, 0.25) is 0 Å². The van der Waals surface area contributed by atoms with Gasteiger partial charge in [-0.25, -0.2) is 9.67 Å². The van der Waals surface area contributed by atoms with Crippen molar-refractivity contribution >= 4 is 38.6 Å². The third kappa shape index (κ3) is 3.34. The van der Waals surface area contributed by atoms with Crippen LogP contribution in [0.4, 0.5) is 0 Å². The lowest BCUT2D eigenvalue weighted by atomic mass is 10.2. The smallest absolute Gasteiger partial charge is 0.268 e. The number of para-hydroxylation sites is 1. The second kappa shape index (κ2) is 7.55. The lowest BCUT2D eigenvalue weighted by Crippen LogP contribution is -2.21. The molecule has 0 aliphatic carbocycles. The molecule has 0 unspecified atom stereocenters. The van der Waals surface area contributed by atoms with Crippen LogP contribution in [0.3, 0.4) is 0 Å². The Morgan fingerprint density at radius 1 is 0.833 bits per heavy atom. The van der Waals surface area contributed by atoms with Gasteiger partial charge < -0.3 is 0 Å². The van der Waals surface area contributed by atoms with Crippen LogP contribution in [0.5, 0.6) is 0 Å². The number of fused-ring (bicyclic) bond motifs is 1. The largest absolute Gasteiger partial charge is 0.269 e.